The summed E-state index contributed by atoms with van der Waals surface area (Å²) in [6, 6.07) is 15.1. The molecule has 0 saturated carbocycles. The lowest BCUT2D eigenvalue weighted by molar-refractivity contribution is -0.120. The molecular formula is C17H18BrNO3. The molecule has 116 valence electrons. The molecule has 0 radical (unpaired) electrons. The van der Waals surface area contributed by atoms with Crippen LogP contribution in [0.2, 0.25) is 0 Å². The molecule has 2 rings (SSSR count). The van der Waals surface area contributed by atoms with Crippen LogP contribution in [0.15, 0.2) is 53.0 Å². The van der Waals surface area contributed by atoms with E-state index in [1.54, 1.807) is 7.11 Å². The molecule has 0 heterocycles. The van der Waals surface area contributed by atoms with Crippen molar-refractivity contribution in [2.75, 3.05) is 20.3 Å². The molecule has 0 spiro atoms. The van der Waals surface area contributed by atoms with Crippen LogP contribution in [0.3, 0.4) is 0 Å². The Labute approximate surface area is 138 Å². The predicted octanol–water partition coefficient (Wildman–Crippen LogP) is 3.20. The van der Waals surface area contributed by atoms with Gasteiger partial charge in [-0.1, -0.05) is 34.1 Å². The maximum absolute atomic E-state index is 11.8. The van der Waals surface area contributed by atoms with Crippen LogP contribution in [0.4, 0.5) is 0 Å². The molecule has 5 heteroatoms. The van der Waals surface area contributed by atoms with Gasteiger partial charge in [-0.2, -0.15) is 0 Å². The summed E-state index contributed by atoms with van der Waals surface area (Å²) < 4.78 is 11.7. The van der Waals surface area contributed by atoms with E-state index in [0.717, 1.165) is 21.5 Å². The molecule has 22 heavy (non-hydrogen) atoms. The summed E-state index contributed by atoms with van der Waals surface area (Å²) in [7, 11) is 1.61. The van der Waals surface area contributed by atoms with Crippen LogP contribution in [0.25, 0.3) is 0 Å². The first-order chi connectivity index (χ1) is 10.7. The van der Waals surface area contributed by atoms with Crippen molar-refractivity contribution in [2.45, 2.75) is 6.42 Å². The van der Waals surface area contributed by atoms with Crippen LogP contribution in [0, 0.1) is 0 Å². The van der Waals surface area contributed by atoms with Crippen LogP contribution in [-0.4, -0.2) is 26.2 Å². The average molecular weight is 364 g/mol. The lowest BCUT2D eigenvalue weighted by atomic mass is 10.1. The third kappa shape index (κ3) is 5.41. The van der Waals surface area contributed by atoms with Crippen molar-refractivity contribution < 1.29 is 14.3 Å². The van der Waals surface area contributed by atoms with Gasteiger partial charge in [0.15, 0.2) is 0 Å². The Hall–Kier alpha value is -2.01. The second-order valence-electron chi connectivity index (χ2n) is 4.68. The van der Waals surface area contributed by atoms with Crippen molar-refractivity contribution >= 4 is 21.8 Å². The van der Waals surface area contributed by atoms with Crippen molar-refractivity contribution in [3.05, 3.63) is 58.6 Å². The Kier molecular flexibility index (Phi) is 6.27. The number of hydrogen-bond donors (Lipinski definition) is 1. The fourth-order valence-corrected chi connectivity index (χ4v) is 2.16. The highest BCUT2D eigenvalue weighted by atomic mass is 79.9. The second kappa shape index (κ2) is 8.44. The van der Waals surface area contributed by atoms with E-state index in [2.05, 4.69) is 21.2 Å². The van der Waals surface area contributed by atoms with E-state index in [9.17, 15) is 4.79 Å². The molecule has 0 saturated heterocycles. The highest BCUT2D eigenvalue weighted by molar-refractivity contribution is 9.10. The highest BCUT2D eigenvalue weighted by Gasteiger charge is 2.03. The van der Waals surface area contributed by atoms with Crippen LogP contribution >= 0.6 is 15.9 Å². The molecular weight excluding hydrogens is 346 g/mol. The first kappa shape index (κ1) is 16.4. The Bertz CT molecular complexity index is 614. The summed E-state index contributed by atoms with van der Waals surface area (Å²) in [6.45, 7) is 0.881. The molecule has 4 nitrogen and oxygen atoms in total. The fraction of sp³-hybridized carbons (Fsp3) is 0.235. The van der Waals surface area contributed by atoms with Gasteiger partial charge in [0.2, 0.25) is 5.91 Å². The van der Waals surface area contributed by atoms with Crippen molar-refractivity contribution in [3.8, 4) is 11.5 Å². The Morgan fingerprint density at radius 1 is 1.14 bits per heavy atom. The number of carbonyl (C=O) groups excluding carboxylic acids is 1. The van der Waals surface area contributed by atoms with E-state index < -0.39 is 0 Å². The molecule has 0 bridgehead atoms. The van der Waals surface area contributed by atoms with Gasteiger partial charge in [-0.3, -0.25) is 4.79 Å². The second-order valence-corrected chi connectivity index (χ2v) is 5.60. The first-order valence-electron chi connectivity index (χ1n) is 6.95. The SMILES string of the molecule is COc1cccc(OCCNC(=O)Cc2ccc(Br)cc2)c1. The van der Waals surface area contributed by atoms with Gasteiger partial charge in [-0.25, -0.2) is 0 Å². The van der Waals surface area contributed by atoms with Gasteiger partial charge in [0, 0.05) is 10.5 Å². The smallest absolute Gasteiger partial charge is 0.224 e. The van der Waals surface area contributed by atoms with Crippen LogP contribution in [0.5, 0.6) is 11.5 Å². The van der Waals surface area contributed by atoms with Gasteiger partial charge in [-0.05, 0) is 29.8 Å². The van der Waals surface area contributed by atoms with E-state index in [1.807, 2.05) is 48.5 Å². The average Bonchev–Trinajstić information content (AvgIpc) is 2.54. The molecule has 0 aliphatic carbocycles. The number of ether oxygens (including phenoxy) is 2. The molecule has 0 atom stereocenters. The summed E-state index contributed by atoms with van der Waals surface area (Å²) in [4.78, 5) is 11.8. The van der Waals surface area contributed by atoms with Crippen molar-refractivity contribution in [1.29, 1.82) is 0 Å². The summed E-state index contributed by atoms with van der Waals surface area (Å²) in [5, 5.41) is 2.84. The maximum Gasteiger partial charge on any atom is 0.224 e. The largest absolute Gasteiger partial charge is 0.497 e. The summed E-state index contributed by atoms with van der Waals surface area (Å²) in [5.74, 6) is 1.45. The topological polar surface area (TPSA) is 47.6 Å². The Morgan fingerprint density at radius 3 is 2.59 bits per heavy atom. The lowest BCUT2D eigenvalue weighted by Crippen LogP contribution is -2.29. The summed E-state index contributed by atoms with van der Waals surface area (Å²) in [5.41, 5.74) is 0.981. The van der Waals surface area contributed by atoms with Crippen LogP contribution < -0.4 is 14.8 Å². The minimum absolute atomic E-state index is 0.0171. The van der Waals surface area contributed by atoms with E-state index >= 15 is 0 Å². The maximum atomic E-state index is 11.8. The third-order valence-corrected chi connectivity index (χ3v) is 3.54. The zero-order valence-corrected chi connectivity index (χ0v) is 13.9. The van der Waals surface area contributed by atoms with Crippen molar-refractivity contribution in [1.82, 2.24) is 5.32 Å². The van der Waals surface area contributed by atoms with Gasteiger partial charge in [-0.15, -0.1) is 0 Å². The van der Waals surface area contributed by atoms with Gasteiger partial charge >= 0.3 is 0 Å². The molecule has 0 aromatic heterocycles. The number of rotatable bonds is 7. The van der Waals surface area contributed by atoms with Crippen LogP contribution in [0.1, 0.15) is 5.56 Å². The molecule has 1 amide bonds. The minimum Gasteiger partial charge on any atom is -0.497 e. The zero-order chi connectivity index (χ0) is 15.8. The minimum atomic E-state index is -0.0171. The molecule has 2 aromatic rings. The van der Waals surface area contributed by atoms with E-state index in [-0.39, 0.29) is 5.91 Å². The summed E-state index contributed by atoms with van der Waals surface area (Å²) >= 11 is 3.37. The Morgan fingerprint density at radius 2 is 1.86 bits per heavy atom. The molecule has 0 aliphatic heterocycles. The van der Waals surface area contributed by atoms with E-state index in [4.69, 9.17) is 9.47 Å². The molecule has 1 N–H and O–H groups in total. The third-order valence-electron chi connectivity index (χ3n) is 3.01. The van der Waals surface area contributed by atoms with E-state index in [1.165, 1.54) is 0 Å². The number of carbonyl (C=O) groups is 1. The highest BCUT2D eigenvalue weighted by Crippen LogP contribution is 2.18. The zero-order valence-electron chi connectivity index (χ0n) is 12.3. The first-order valence-corrected chi connectivity index (χ1v) is 7.74. The van der Waals surface area contributed by atoms with E-state index in [0.29, 0.717) is 19.6 Å². The standard InChI is InChI=1S/C17H18BrNO3/c1-21-15-3-2-4-16(12-15)22-10-9-19-17(20)11-13-5-7-14(18)8-6-13/h2-8,12H,9-11H2,1H3,(H,19,20). The number of hydrogen-bond acceptors (Lipinski definition) is 3. The normalized spacial score (nSPS) is 10.1. The van der Waals surface area contributed by atoms with Crippen molar-refractivity contribution in [3.63, 3.8) is 0 Å². The quantitative estimate of drug-likeness (QED) is 0.768. The number of nitrogens with one attached hydrogen (secondary N) is 1. The van der Waals surface area contributed by atoms with Crippen molar-refractivity contribution in [2.24, 2.45) is 0 Å². The molecule has 0 unspecified atom stereocenters. The Balaban J connectivity index is 1.69. The van der Waals surface area contributed by atoms with Crippen LogP contribution in [-0.2, 0) is 11.2 Å². The monoisotopic (exact) mass is 363 g/mol. The van der Waals surface area contributed by atoms with Gasteiger partial charge < -0.3 is 14.8 Å². The summed E-state index contributed by atoms with van der Waals surface area (Å²) in [6.07, 6.45) is 0.367. The van der Waals surface area contributed by atoms with Gasteiger partial charge in [0.25, 0.3) is 0 Å². The number of amides is 1. The fourth-order valence-electron chi connectivity index (χ4n) is 1.90. The molecule has 0 aliphatic rings. The number of halogens is 1. The molecule has 2 aromatic carbocycles. The van der Waals surface area contributed by atoms with Gasteiger partial charge in [0.05, 0.1) is 20.1 Å². The predicted molar refractivity (Wildman–Crippen MR) is 89.3 cm³/mol. The molecule has 0 fully saturated rings. The van der Waals surface area contributed by atoms with Gasteiger partial charge in [0.1, 0.15) is 18.1 Å². The number of methoxy groups -OCH3 is 1. The lowest BCUT2D eigenvalue weighted by Gasteiger charge is -2.09. The number of benzene rings is 2.